The second-order valence-electron chi connectivity index (χ2n) is 4.20. The molecule has 21 heavy (non-hydrogen) atoms. The van der Waals surface area contributed by atoms with Crippen molar-refractivity contribution < 1.29 is 28.3 Å². The van der Waals surface area contributed by atoms with Crippen molar-refractivity contribution in [2.75, 3.05) is 4.90 Å². The van der Waals surface area contributed by atoms with Gasteiger partial charge in [0.15, 0.2) is 11.6 Å². The molecule has 0 saturated heterocycles. The number of hydrogen-bond donors (Lipinski definition) is 1. The summed E-state index contributed by atoms with van der Waals surface area (Å²) in [4.78, 5) is 36.0. The Labute approximate surface area is 120 Å². The van der Waals surface area contributed by atoms with Crippen molar-refractivity contribution in [3.05, 3.63) is 51.9 Å². The maximum absolute atomic E-state index is 13.2. The molecule has 0 fully saturated rings. The Morgan fingerprint density at radius 1 is 1.10 bits per heavy atom. The fourth-order valence-corrected chi connectivity index (χ4v) is 2.94. The quantitative estimate of drug-likeness (QED) is 0.865. The standard InChI is InChI=1S/C13H5F2NO4S/c14-8-3-6-7(4-9(8)15)11(18)16(10(6)17)12-5(13(19)20)1-2-21-12/h1-4H,(H,19,20). The lowest BCUT2D eigenvalue weighted by atomic mass is 10.1. The van der Waals surface area contributed by atoms with Crippen LogP contribution in [0.4, 0.5) is 13.8 Å². The summed E-state index contributed by atoms with van der Waals surface area (Å²) in [5, 5.41) is 10.3. The number of benzene rings is 1. The molecule has 0 radical (unpaired) electrons. The van der Waals surface area contributed by atoms with Gasteiger partial charge < -0.3 is 5.11 Å². The van der Waals surface area contributed by atoms with Crippen LogP contribution in [0.25, 0.3) is 0 Å². The molecule has 2 amide bonds. The number of anilines is 1. The van der Waals surface area contributed by atoms with E-state index in [1.54, 1.807) is 0 Å². The second-order valence-corrected chi connectivity index (χ2v) is 5.10. The number of carbonyl (C=O) groups excluding carboxylic acids is 2. The Morgan fingerprint density at radius 2 is 1.62 bits per heavy atom. The van der Waals surface area contributed by atoms with Gasteiger partial charge in [0.2, 0.25) is 0 Å². The minimum absolute atomic E-state index is 0.0884. The van der Waals surface area contributed by atoms with Crippen LogP contribution >= 0.6 is 11.3 Å². The van der Waals surface area contributed by atoms with Gasteiger partial charge in [-0.15, -0.1) is 11.3 Å². The maximum atomic E-state index is 13.2. The fraction of sp³-hybridized carbons (Fsp3) is 0. The van der Waals surface area contributed by atoms with Crippen molar-refractivity contribution in [2.45, 2.75) is 0 Å². The normalized spacial score (nSPS) is 13.7. The minimum atomic E-state index is -1.31. The third kappa shape index (κ3) is 1.83. The van der Waals surface area contributed by atoms with Crippen LogP contribution in [0.3, 0.4) is 0 Å². The molecule has 1 aromatic heterocycles. The van der Waals surface area contributed by atoms with Gasteiger partial charge in [0, 0.05) is 0 Å². The maximum Gasteiger partial charge on any atom is 0.338 e. The highest BCUT2D eigenvalue weighted by Crippen LogP contribution is 2.35. The predicted octanol–water partition coefficient (Wildman–Crippen LogP) is 2.53. The SMILES string of the molecule is O=C(O)c1ccsc1N1C(=O)c2cc(F)c(F)cc2C1=O. The molecule has 1 aromatic carbocycles. The zero-order valence-electron chi connectivity index (χ0n) is 10.1. The molecule has 0 bridgehead atoms. The first-order valence-electron chi connectivity index (χ1n) is 5.60. The lowest BCUT2D eigenvalue weighted by Gasteiger charge is -2.12. The van der Waals surface area contributed by atoms with Crippen LogP contribution < -0.4 is 4.90 Å². The molecule has 106 valence electrons. The number of amides is 2. The van der Waals surface area contributed by atoms with E-state index in [0.717, 1.165) is 11.3 Å². The highest BCUT2D eigenvalue weighted by atomic mass is 32.1. The van der Waals surface area contributed by atoms with E-state index in [9.17, 15) is 23.2 Å². The third-order valence-electron chi connectivity index (χ3n) is 3.01. The molecule has 1 aliphatic heterocycles. The molecule has 3 rings (SSSR count). The van der Waals surface area contributed by atoms with E-state index in [4.69, 9.17) is 5.11 Å². The summed E-state index contributed by atoms with van der Waals surface area (Å²) >= 11 is 0.878. The average molecular weight is 309 g/mol. The van der Waals surface area contributed by atoms with Crippen molar-refractivity contribution in [2.24, 2.45) is 0 Å². The van der Waals surface area contributed by atoms with Gasteiger partial charge in [0.05, 0.1) is 16.7 Å². The lowest BCUT2D eigenvalue weighted by molar-refractivity contribution is 0.0698. The van der Waals surface area contributed by atoms with Crippen LogP contribution in [-0.4, -0.2) is 22.9 Å². The molecule has 2 aromatic rings. The zero-order chi connectivity index (χ0) is 15.3. The molecule has 0 aliphatic carbocycles. The summed E-state index contributed by atoms with van der Waals surface area (Å²) in [6.45, 7) is 0. The first-order valence-corrected chi connectivity index (χ1v) is 6.48. The molecule has 1 aliphatic rings. The molecule has 0 atom stereocenters. The topological polar surface area (TPSA) is 74.7 Å². The zero-order valence-corrected chi connectivity index (χ0v) is 10.9. The smallest absolute Gasteiger partial charge is 0.338 e. The monoisotopic (exact) mass is 309 g/mol. The van der Waals surface area contributed by atoms with E-state index >= 15 is 0 Å². The Kier molecular flexibility index (Phi) is 2.84. The first kappa shape index (κ1) is 13.4. The van der Waals surface area contributed by atoms with Crippen LogP contribution in [0.2, 0.25) is 0 Å². The number of aromatic carboxylic acids is 1. The van der Waals surface area contributed by atoms with Gasteiger partial charge in [-0.3, -0.25) is 9.59 Å². The van der Waals surface area contributed by atoms with Crippen molar-refractivity contribution in [1.82, 2.24) is 0 Å². The highest BCUT2D eigenvalue weighted by molar-refractivity contribution is 7.15. The van der Waals surface area contributed by atoms with Crippen molar-refractivity contribution in [3.8, 4) is 0 Å². The van der Waals surface area contributed by atoms with E-state index < -0.39 is 29.4 Å². The van der Waals surface area contributed by atoms with Gasteiger partial charge in [-0.05, 0) is 23.6 Å². The molecule has 1 N–H and O–H groups in total. The summed E-state index contributed by atoms with van der Waals surface area (Å²) in [5.41, 5.74) is -0.803. The number of carboxylic acids is 1. The molecular formula is C13H5F2NO4S. The number of carboxylic acid groups (broad SMARTS) is 1. The number of thiophene rings is 1. The average Bonchev–Trinajstić information content (AvgIpc) is 2.97. The number of rotatable bonds is 2. The number of nitrogens with zero attached hydrogens (tertiary/aromatic N) is 1. The van der Waals surface area contributed by atoms with Gasteiger partial charge in [-0.2, -0.15) is 0 Å². The van der Waals surface area contributed by atoms with E-state index in [-0.39, 0.29) is 21.7 Å². The Hall–Kier alpha value is -2.61. The van der Waals surface area contributed by atoms with Gasteiger partial charge >= 0.3 is 5.97 Å². The minimum Gasteiger partial charge on any atom is -0.478 e. The Bertz CT molecular complexity index is 773. The van der Waals surface area contributed by atoms with Crippen molar-refractivity contribution >= 4 is 34.1 Å². The molecule has 0 saturated carbocycles. The van der Waals surface area contributed by atoms with E-state index in [0.29, 0.717) is 17.0 Å². The van der Waals surface area contributed by atoms with E-state index in [1.165, 1.54) is 11.4 Å². The summed E-state index contributed by atoms with van der Waals surface area (Å²) in [5.74, 6) is -5.55. The summed E-state index contributed by atoms with van der Waals surface area (Å²) in [6.07, 6.45) is 0. The predicted molar refractivity (Wildman–Crippen MR) is 68.8 cm³/mol. The highest BCUT2D eigenvalue weighted by Gasteiger charge is 2.40. The van der Waals surface area contributed by atoms with Crippen LogP contribution in [0.5, 0.6) is 0 Å². The third-order valence-corrected chi connectivity index (χ3v) is 3.90. The molecule has 0 spiro atoms. The summed E-state index contributed by atoms with van der Waals surface area (Å²) in [7, 11) is 0. The van der Waals surface area contributed by atoms with Crippen LogP contribution in [-0.2, 0) is 0 Å². The number of carbonyl (C=O) groups is 3. The summed E-state index contributed by atoms with van der Waals surface area (Å²) in [6, 6.07) is 2.52. The van der Waals surface area contributed by atoms with Crippen molar-refractivity contribution in [3.63, 3.8) is 0 Å². The second kappa shape index (κ2) is 4.45. The largest absolute Gasteiger partial charge is 0.478 e. The van der Waals surface area contributed by atoms with Crippen molar-refractivity contribution in [1.29, 1.82) is 0 Å². The van der Waals surface area contributed by atoms with Crippen LogP contribution in [0.1, 0.15) is 31.1 Å². The molecule has 2 heterocycles. The lowest BCUT2D eigenvalue weighted by Crippen LogP contribution is -2.29. The van der Waals surface area contributed by atoms with Gasteiger partial charge in [0.25, 0.3) is 11.8 Å². The van der Waals surface area contributed by atoms with Crippen LogP contribution in [0, 0.1) is 11.6 Å². The molecule has 8 heteroatoms. The molecule has 5 nitrogen and oxygen atoms in total. The van der Waals surface area contributed by atoms with Gasteiger partial charge in [-0.25, -0.2) is 18.5 Å². The van der Waals surface area contributed by atoms with E-state index in [2.05, 4.69) is 0 Å². The van der Waals surface area contributed by atoms with E-state index in [1.807, 2.05) is 0 Å². The van der Waals surface area contributed by atoms with Gasteiger partial charge in [-0.1, -0.05) is 0 Å². The number of hydrogen-bond acceptors (Lipinski definition) is 4. The summed E-state index contributed by atoms with van der Waals surface area (Å²) < 4.78 is 26.4. The molecular weight excluding hydrogens is 304 g/mol. The Balaban J connectivity index is 2.16. The van der Waals surface area contributed by atoms with Gasteiger partial charge in [0.1, 0.15) is 5.00 Å². The van der Waals surface area contributed by atoms with Crippen LogP contribution in [0.15, 0.2) is 23.6 Å². The first-order chi connectivity index (χ1) is 9.91. The molecule has 0 unspecified atom stereocenters. The fourth-order valence-electron chi connectivity index (χ4n) is 2.06. The number of fused-ring (bicyclic) bond motifs is 1. The number of halogens is 2. The Morgan fingerprint density at radius 3 is 2.10 bits per heavy atom. The number of imide groups is 1.